The first-order valence-electron chi connectivity index (χ1n) is 6.63. The van der Waals surface area contributed by atoms with E-state index in [-0.39, 0.29) is 11.0 Å². The van der Waals surface area contributed by atoms with Crippen molar-refractivity contribution < 1.29 is 9.90 Å². The minimum absolute atomic E-state index is 0.216. The van der Waals surface area contributed by atoms with Gasteiger partial charge in [-0.1, -0.05) is 26.2 Å². The Balaban J connectivity index is 2.08. The summed E-state index contributed by atoms with van der Waals surface area (Å²) in [7, 11) is 0. The lowest BCUT2D eigenvalue weighted by molar-refractivity contribution is 0.0697. The first-order chi connectivity index (χ1) is 9.00. The molecule has 5 heteroatoms. The van der Waals surface area contributed by atoms with Crippen LogP contribution >= 0.6 is 15.9 Å². The summed E-state index contributed by atoms with van der Waals surface area (Å²) in [5, 5.41) is 12.4. The predicted octanol–water partition coefficient (Wildman–Crippen LogP) is 3.92. The van der Waals surface area contributed by atoms with E-state index in [0.717, 1.165) is 6.54 Å². The van der Waals surface area contributed by atoms with Gasteiger partial charge in [0.2, 0.25) is 0 Å². The SMILES string of the molecule is CC1(CNc2ncc(Br)cc2C(=O)O)CCCCC1. The molecule has 0 atom stereocenters. The fourth-order valence-electron chi connectivity index (χ4n) is 2.62. The number of rotatable bonds is 4. The van der Waals surface area contributed by atoms with Crippen molar-refractivity contribution in [3.05, 3.63) is 22.3 Å². The van der Waals surface area contributed by atoms with E-state index in [1.54, 1.807) is 12.3 Å². The third-order valence-corrected chi connectivity index (χ3v) is 4.26. The van der Waals surface area contributed by atoms with Crippen LogP contribution in [0, 0.1) is 5.41 Å². The van der Waals surface area contributed by atoms with Crippen LogP contribution in [0.1, 0.15) is 49.4 Å². The molecule has 0 bridgehead atoms. The van der Waals surface area contributed by atoms with Gasteiger partial charge in [0, 0.05) is 17.2 Å². The number of pyridine rings is 1. The van der Waals surface area contributed by atoms with E-state index in [0.29, 0.717) is 10.3 Å². The zero-order valence-electron chi connectivity index (χ0n) is 11.1. The van der Waals surface area contributed by atoms with Crippen LogP contribution in [0.25, 0.3) is 0 Å². The molecule has 1 fully saturated rings. The van der Waals surface area contributed by atoms with Gasteiger partial charge in [-0.05, 0) is 40.3 Å². The van der Waals surface area contributed by atoms with Crippen LogP contribution in [0.15, 0.2) is 16.7 Å². The molecule has 2 rings (SSSR count). The normalized spacial score (nSPS) is 18.0. The molecular weight excluding hydrogens is 308 g/mol. The van der Waals surface area contributed by atoms with E-state index in [9.17, 15) is 9.90 Å². The van der Waals surface area contributed by atoms with Gasteiger partial charge in [-0.2, -0.15) is 0 Å². The maximum atomic E-state index is 11.2. The summed E-state index contributed by atoms with van der Waals surface area (Å²) in [6.45, 7) is 3.04. The first kappa shape index (κ1) is 14.3. The molecule has 19 heavy (non-hydrogen) atoms. The highest BCUT2D eigenvalue weighted by atomic mass is 79.9. The molecule has 0 aliphatic heterocycles. The Labute approximate surface area is 121 Å². The Morgan fingerprint density at radius 3 is 2.79 bits per heavy atom. The molecule has 0 spiro atoms. The maximum absolute atomic E-state index is 11.2. The van der Waals surface area contributed by atoms with Crippen LogP contribution in [0.2, 0.25) is 0 Å². The Morgan fingerprint density at radius 2 is 2.16 bits per heavy atom. The summed E-state index contributed by atoms with van der Waals surface area (Å²) in [4.78, 5) is 15.4. The van der Waals surface area contributed by atoms with Crippen molar-refractivity contribution in [1.82, 2.24) is 4.98 Å². The smallest absolute Gasteiger partial charge is 0.339 e. The van der Waals surface area contributed by atoms with E-state index >= 15 is 0 Å². The molecule has 1 aliphatic carbocycles. The molecule has 0 saturated heterocycles. The molecule has 0 aromatic carbocycles. The molecule has 1 aliphatic rings. The summed E-state index contributed by atoms with van der Waals surface area (Å²) in [6, 6.07) is 1.58. The van der Waals surface area contributed by atoms with Crippen molar-refractivity contribution in [3.63, 3.8) is 0 Å². The van der Waals surface area contributed by atoms with Crippen LogP contribution in [0.3, 0.4) is 0 Å². The monoisotopic (exact) mass is 326 g/mol. The topological polar surface area (TPSA) is 62.2 Å². The van der Waals surface area contributed by atoms with Crippen molar-refractivity contribution >= 4 is 27.7 Å². The summed E-state index contributed by atoms with van der Waals surface area (Å²) in [6.07, 6.45) is 7.85. The van der Waals surface area contributed by atoms with Crippen molar-refractivity contribution in [1.29, 1.82) is 0 Å². The Bertz CT molecular complexity index is 471. The Morgan fingerprint density at radius 1 is 1.47 bits per heavy atom. The number of anilines is 1. The number of carboxylic acids is 1. The number of nitrogens with zero attached hydrogens (tertiary/aromatic N) is 1. The second-order valence-corrected chi connectivity index (χ2v) is 6.50. The van der Waals surface area contributed by atoms with Crippen LogP contribution in [-0.4, -0.2) is 22.6 Å². The fourth-order valence-corrected chi connectivity index (χ4v) is 2.95. The zero-order valence-corrected chi connectivity index (χ0v) is 12.7. The van der Waals surface area contributed by atoms with Gasteiger partial charge in [0.25, 0.3) is 0 Å². The van der Waals surface area contributed by atoms with Crippen molar-refractivity contribution in [2.75, 3.05) is 11.9 Å². The Hall–Kier alpha value is -1.10. The molecule has 1 heterocycles. The largest absolute Gasteiger partial charge is 0.478 e. The number of carboxylic acid groups (broad SMARTS) is 1. The van der Waals surface area contributed by atoms with E-state index in [4.69, 9.17) is 0 Å². The van der Waals surface area contributed by atoms with Gasteiger partial charge in [0.15, 0.2) is 0 Å². The van der Waals surface area contributed by atoms with Gasteiger partial charge in [-0.15, -0.1) is 0 Å². The van der Waals surface area contributed by atoms with Gasteiger partial charge in [0.05, 0.1) is 0 Å². The van der Waals surface area contributed by atoms with Crippen molar-refractivity contribution in [2.24, 2.45) is 5.41 Å². The number of nitrogens with one attached hydrogen (secondary N) is 1. The zero-order chi connectivity index (χ0) is 13.9. The summed E-state index contributed by atoms with van der Waals surface area (Å²) >= 11 is 3.25. The molecular formula is C14H19BrN2O2. The summed E-state index contributed by atoms with van der Waals surface area (Å²) in [5.74, 6) is -0.493. The number of carbonyl (C=O) groups is 1. The van der Waals surface area contributed by atoms with E-state index in [1.807, 2.05) is 0 Å². The number of aromatic carboxylic acids is 1. The number of hydrogen-bond acceptors (Lipinski definition) is 3. The van der Waals surface area contributed by atoms with Crippen molar-refractivity contribution in [3.8, 4) is 0 Å². The van der Waals surface area contributed by atoms with Gasteiger partial charge in [-0.25, -0.2) is 9.78 Å². The van der Waals surface area contributed by atoms with E-state index in [2.05, 4.69) is 33.2 Å². The molecule has 1 aromatic heterocycles. The summed E-state index contributed by atoms with van der Waals surface area (Å²) in [5.41, 5.74) is 0.469. The van der Waals surface area contributed by atoms with Gasteiger partial charge in [0.1, 0.15) is 11.4 Å². The first-order valence-corrected chi connectivity index (χ1v) is 7.42. The average Bonchev–Trinajstić information content (AvgIpc) is 2.38. The molecule has 0 unspecified atom stereocenters. The molecule has 0 amide bonds. The van der Waals surface area contributed by atoms with Gasteiger partial charge >= 0.3 is 5.97 Å². The average molecular weight is 327 g/mol. The highest BCUT2D eigenvalue weighted by Gasteiger charge is 2.27. The van der Waals surface area contributed by atoms with E-state index < -0.39 is 5.97 Å². The molecule has 1 saturated carbocycles. The highest BCUT2D eigenvalue weighted by molar-refractivity contribution is 9.10. The fraction of sp³-hybridized carbons (Fsp3) is 0.571. The second-order valence-electron chi connectivity index (χ2n) is 5.58. The maximum Gasteiger partial charge on any atom is 0.339 e. The van der Waals surface area contributed by atoms with Crippen LogP contribution in [-0.2, 0) is 0 Å². The second kappa shape index (κ2) is 5.90. The lowest BCUT2D eigenvalue weighted by Gasteiger charge is -2.34. The van der Waals surface area contributed by atoms with Crippen molar-refractivity contribution in [2.45, 2.75) is 39.0 Å². The lowest BCUT2D eigenvalue weighted by atomic mass is 9.76. The molecule has 2 N–H and O–H groups in total. The number of halogens is 1. The third-order valence-electron chi connectivity index (χ3n) is 3.83. The molecule has 104 valence electrons. The predicted molar refractivity (Wildman–Crippen MR) is 78.6 cm³/mol. The lowest BCUT2D eigenvalue weighted by Crippen LogP contribution is -2.29. The standard InChI is InChI=1S/C14H19BrN2O2/c1-14(5-3-2-4-6-14)9-17-12-11(13(18)19)7-10(15)8-16-12/h7-8H,2-6,9H2,1H3,(H,16,17)(H,18,19). The highest BCUT2D eigenvalue weighted by Crippen LogP contribution is 2.35. The van der Waals surface area contributed by atoms with Crippen LogP contribution in [0.5, 0.6) is 0 Å². The minimum Gasteiger partial charge on any atom is -0.478 e. The molecule has 4 nitrogen and oxygen atoms in total. The summed E-state index contributed by atoms with van der Waals surface area (Å²) < 4.78 is 0.680. The number of aromatic nitrogens is 1. The van der Waals surface area contributed by atoms with Crippen LogP contribution < -0.4 is 5.32 Å². The third kappa shape index (κ3) is 3.69. The molecule has 1 aromatic rings. The number of hydrogen-bond donors (Lipinski definition) is 2. The van der Waals surface area contributed by atoms with Gasteiger partial charge in [-0.3, -0.25) is 0 Å². The minimum atomic E-state index is -0.954. The van der Waals surface area contributed by atoms with Gasteiger partial charge < -0.3 is 10.4 Å². The molecule has 0 radical (unpaired) electrons. The van der Waals surface area contributed by atoms with E-state index in [1.165, 1.54) is 32.1 Å². The van der Waals surface area contributed by atoms with Crippen LogP contribution in [0.4, 0.5) is 5.82 Å². The Kier molecular flexibility index (Phi) is 4.45. The quantitative estimate of drug-likeness (QED) is 0.880.